The van der Waals surface area contributed by atoms with Crippen LogP contribution in [-0.4, -0.2) is 5.11 Å². The van der Waals surface area contributed by atoms with Crippen LogP contribution >= 0.6 is 0 Å². The molecule has 0 aromatic heterocycles. The number of rotatable bonds is 2. The van der Waals surface area contributed by atoms with Crippen molar-refractivity contribution < 1.29 is 5.11 Å². The first-order chi connectivity index (χ1) is 8.49. The Hall–Kier alpha value is -0.820. The lowest BCUT2D eigenvalue weighted by atomic mass is 9.76. The van der Waals surface area contributed by atoms with Gasteiger partial charge >= 0.3 is 0 Å². The molecule has 0 aliphatic heterocycles. The molecule has 1 aliphatic carbocycles. The number of hydrogen-bond donors (Lipinski definition) is 1. The normalized spacial score (nSPS) is 26.1. The average Bonchev–Trinajstić information content (AvgIpc) is 2.27. The van der Waals surface area contributed by atoms with Crippen LogP contribution in [0.2, 0.25) is 0 Å². The standard InChI is InChI=1S/C17H26O/c1-11-6-5-7-15(10-11)17(18)16-13(3)8-12(2)9-14(16)4/h8-9,11,15,17-18H,5-7,10H2,1-4H3. The summed E-state index contributed by atoms with van der Waals surface area (Å²) in [4.78, 5) is 0. The van der Waals surface area contributed by atoms with Crippen LogP contribution in [0.4, 0.5) is 0 Å². The van der Waals surface area contributed by atoms with Gasteiger partial charge in [-0.3, -0.25) is 0 Å². The Kier molecular flexibility index (Phi) is 4.11. The molecule has 3 unspecified atom stereocenters. The number of benzene rings is 1. The van der Waals surface area contributed by atoms with Gasteiger partial charge in [-0.25, -0.2) is 0 Å². The van der Waals surface area contributed by atoms with Gasteiger partial charge in [0.1, 0.15) is 0 Å². The second-order valence-corrected chi connectivity index (χ2v) is 6.29. The smallest absolute Gasteiger partial charge is 0.0823 e. The molecule has 1 aromatic carbocycles. The zero-order valence-electron chi connectivity index (χ0n) is 12.2. The highest BCUT2D eigenvalue weighted by Gasteiger charge is 2.28. The molecule has 0 heterocycles. The molecule has 0 spiro atoms. The molecule has 1 aromatic rings. The summed E-state index contributed by atoms with van der Waals surface area (Å²) in [6.07, 6.45) is 4.68. The zero-order chi connectivity index (χ0) is 13.3. The Balaban J connectivity index is 2.25. The fourth-order valence-electron chi connectivity index (χ4n) is 3.66. The van der Waals surface area contributed by atoms with Crippen molar-refractivity contribution in [3.05, 3.63) is 34.4 Å². The van der Waals surface area contributed by atoms with Gasteiger partial charge in [-0.05, 0) is 62.1 Å². The maximum absolute atomic E-state index is 10.7. The summed E-state index contributed by atoms with van der Waals surface area (Å²) in [7, 11) is 0. The monoisotopic (exact) mass is 246 g/mol. The molecule has 1 aliphatic rings. The van der Waals surface area contributed by atoms with E-state index < -0.39 is 0 Å². The van der Waals surface area contributed by atoms with E-state index in [0.717, 1.165) is 5.92 Å². The maximum Gasteiger partial charge on any atom is 0.0823 e. The molecule has 1 heteroatoms. The highest BCUT2D eigenvalue weighted by Crippen LogP contribution is 2.39. The minimum Gasteiger partial charge on any atom is -0.388 e. The van der Waals surface area contributed by atoms with Crippen molar-refractivity contribution in [2.24, 2.45) is 11.8 Å². The fraction of sp³-hybridized carbons (Fsp3) is 0.647. The highest BCUT2D eigenvalue weighted by molar-refractivity contribution is 5.39. The molecule has 3 atom stereocenters. The van der Waals surface area contributed by atoms with Crippen LogP contribution in [0.3, 0.4) is 0 Å². The van der Waals surface area contributed by atoms with E-state index in [-0.39, 0.29) is 6.10 Å². The predicted molar refractivity (Wildman–Crippen MR) is 76.7 cm³/mol. The first-order valence-electron chi connectivity index (χ1n) is 7.25. The van der Waals surface area contributed by atoms with E-state index in [1.165, 1.54) is 47.9 Å². The van der Waals surface area contributed by atoms with Gasteiger partial charge in [0, 0.05) is 0 Å². The molecule has 1 fully saturated rings. The van der Waals surface area contributed by atoms with Gasteiger partial charge in [-0.15, -0.1) is 0 Å². The predicted octanol–water partition coefficient (Wildman–Crippen LogP) is 4.47. The van der Waals surface area contributed by atoms with E-state index in [9.17, 15) is 5.11 Å². The Labute approximate surface area is 111 Å². The van der Waals surface area contributed by atoms with Crippen LogP contribution in [0.15, 0.2) is 12.1 Å². The van der Waals surface area contributed by atoms with E-state index in [1.54, 1.807) is 0 Å². The minimum atomic E-state index is -0.270. The number of aliphatic hydroxyl groups excluding tert-OH is 1. The Morgan fingerprint density at radius 2 is 1.72 bits per heavy atom. The van der Waals surface area contributed by atoms with E-state index in [0.29, 0.717) is 5.92 Å². The van der Waals surface area contributed by atoms with Gasteiger partial charge in [0.15, 0.2) is 0 Å². The van der Waals surface area contributed by atoms with Gasteiger partial charge in [0.25, 0.3) is 0 Å². The van der Waals surface area contributed by atoms with Gasteiger partial charge in [-0.1, -0.05) is 37.5 Å². The second-order valence-electron chi connectivity index (χ2n) is 6.29. The molecule has 1 N–H and O–H groups in total. The third kappa shape index (κ3) is 2.77. The van der Waals surface area contributed by atoms with Crippen molar-refractivity contribution in [2.45, 2.75) is 59.5 Å². The maximum atomic E-state index is 10.7. The third-order valence-electron chi connectivity index (χ3n) is 4.46. The first kappa shape index (κ1) is 13.6. The lowest BCUT2D eigenvalue weighted by Gasteiger charge is -2.32. The Morgan fingerprint density at radius 1 is 1.11 bits per heavy atom. The van der Waals surface area contributed by atoms with Crippen LogP contribution in [0.1, 0.15) is 61.0 Å². The van der Waals surface area contributed by atoms with E-state index >= 15 is 0 Å². The van der Waals surface area contributed by atoms with Crippen molar-refractivity contribution in [2.75, 3.05) is 0 Å². The average molecular weight is 246 g/mol. The van der Waals surface area contributed by atoms with Crippen molar-refractivity contribution >= 4 is 0 Å². The van der Waals surface area contributed by atoms with Gasteiger partial charge in [-0.2, -0.15) is 0 Å². The van der Waals surface area contributed by atoms with Crippen LogP contribution in [0, 0.1) is 32.6 Å². The van der Waals surface area contributed by atoms with Gasteiger partial charge in [0.2, 0.25) is 0 Å². The molecule has 0 saturated heterocycles. The number of aliphatic hydroxyl groups is 1. The molecule has 1 saturated carbocycles. The van der Waals surface area contributed by atoms with Crippen molar-refractivity contribution in [1.82, 2.24) is 0 Å². The topological polar surface area (TPSA) is 20.2 Å². The number of aryl methyl sites for hydroxylation is 3. The molecular formula is C17H26O. The van der Waals surface area contributed by atoms with Crippen LogP contribution in [0.5, 0.6) is 0 Å². The summed E-state index contributed by atoms with van der Waals surface area (Å²) < 4.78 is 0. The summed E-state index contributed by atoms with van der Waals surface area (Å²) in [5.74, 6) is 1.22. The summed E-state index contributed by atoms with van der Waals surface area (Å²) in [5.41, 5.74) is 4.97. The third-order valence-corrected chi connectivity index (χ3v) is 4.46. The first-order valence-corrected chi connectivity index (χ1v) is 7.25. The lowest BCUT2D eigenvalue weighted by molar-refractivity contribution is 0.0704. The van der Waals surface area contributed by atoms with Gasteiger partial charge in [0.05, 0.1) is 6.10 Å². The van der Waals surface area contributed by atoms with E-state index in [2.05, 4.69) is 39.8 Å². The summed E-state index contributed by atoms with van der Waals surface area (Å²) in [5, 5.41) is 10.7. The lowest BCUT2D eigenvalue weighted by Crippen LogP contribution is -2.21. The molecule has 0 amide bonds. The SMILES string of the molecule is Cc1cc(C)c(C(O)C2CCCC(C)C2)c(C)c1. The summed E-state index contributed by atoms with van der Waals surface area (Å²) in [6, 6.07) is 4.38. The van der Waals surface area contributed by atoms with Crippen molar-refractivity contribution in [3.63, 3.8) is 0 Å². The molecule has 0 bridgehead atoms. The second kappa shape index (κ2) is 5.44. The van der Waals surface area contributed by atoms with Crippen LogP contribution < -0.4 is 0 Å². The molecule has 2 rings (SSSR count). The van der Waals surface area contributed by atoms with Crippen LogP contribution in [-0.2, 0) is 0 Å². The fourth-order valence-corrected chi connectivity index (χ4v) is 3.66. The minimum absolute atomic E-state index is 0.270. The van der Waals surface area contributed by atoms with Gasteiger partial charge < -0.3 is 5.11 Å². The summed E-state index contributed by atoms with van der Waals surface area (Å²) in [6.45, 7) is 8.70. The number of hydrogen-bond acceptors (Lipinski definition) is 1. The molecule has 1 nitrogen and oxygen atoms in total. The summed E-state index contributed by atoms with van der Waals surface area (Å²) >= 11 is 0. The van der Waals surface area contributed by atoms with Crippen LogP contribution in [0.25, 0.3) is 0 Å². The zero-order valence-corrected chi connectivity index (χ0v) is 12.2. The largest absolute Gasteiger partial charge is 0.388 e. The Morgan fingerprint density at radius 3 is 2.28 bits per heavy atom. The molecule has 18 heavy (non-hydrogen) atoms. The Bertz CT molecular complexity index is 399. The van der Waals surface area contributed by atoms with Crippen molar-refractivity contribution in [1.29, 1.82) is 0 Å². The van der Waals surface area contributed by atoms with E-state index in [4.69, 9.17) is 0 Å². The molecular weight excluding hydrogens is 220 g/mol. The van der Waals surface area contributed by atoms with Crippen molar-refractivity contribution in [3.8, 4) is 0 Å². The quantitative estimate of drug-likeness (QED) is 0.816. The van der Waals surface area contributed by atoms with E-state index in [1.807, 2.05) is 0 Å². The molecule has 100 valence electrons. The molecule has 0 radical (unpaired) electrons. The highest BCUT2D eigenvalue weighted by atomic mass is 16.3.